The molecule has 13 heteroatoms. The summed E-state index contributed by atoms with van der Waals surface area (Å²) in [7, 11) is 4.71. The maximum Gasteiger partial charge on any atom is 0.329 e. The molecule has 2 saturated heterocycles. The van der Waals surface area contributed by atoms with Crippen molar-refractivity contribution in [3.63, 3.8) is 0 Å². The van der Waals surface area contributed by atoms with Gasteiger partial charge in [0.1, 0.15) is 24.0 Å². The quantitative estimate of drug-likeness (QED) is 0.146. The number of fused-ring (bicyclic) bond motifs is 3. The second kappa shape index (κ2) is 20.7. The van der Waals surface area contributed by atoms with Crippen LogP contribution in [0.2, 0.25) is 0 Å². The van der Waals surface area contributed by atoms with Gasteiger partial charge in [-0.3, -0.25) is 14.4 Å². The zero-order valence-corrected chi connectivity index (χ0v) is 35.8. The van der Waals surface area contributed by atoms with E-state index >= 15 is 0 Å². The lowest BCUT2D eigenvalue weighted by molar-refractivity contribution is -0.302. The van der Waals surface area contributed by atoms with Crippen molar-refractivity contribution in [2.24, 2.45) is 29.6 Å². The van der Waals surface area contributed by atoms with Crippen LogP contribution < -0.4 is 0 Å². The standard InChI is InChI=1S/C43H68ClNO11/c1-10-30-18-24(2)17-25(3)19-36(53-8)39-37(54-9)21-27(5)43(51,56-39)40(48)41(49)45-16-12-11-13-32(45)42(50)55-38(28(6)33(46)23-34(30)47)26(4)20-29-14-15-31(44)35(22-29)52-7/h18,20,25,27-33,35-39,46,51H,10-17,19,21-23H2,1-9H3/b24-18+,26-20+/t25-,27+,28-,29-,30+,31-,32-,33-,35+,36-,37-,38+,39+,43+/m0/s1. The second-order valence-electron chi connectivity index (χ2n) is 17.1. The summed E-state index contributed by atoms with van der Waals surface area (Å²) in [5.74, 6) is -7.31. The number of ketones is 2. The molecule has 1 amide bonds. The first-order valence-electron chi connectivity index (χ1n) is 20.7. The van der Waals surface area contributed by atoms with Crippen molar-refractivity contribution >= 4 is 35.0 Å². The fourth-order valence-electron chi connectivity index (χ4n) is 9.36. The number of carbonyl (C=O) groups excluding carboxylic acids is 4. The second-order valence-corrected chi connectivity index (χ2v) is 17.7. The van der Waals surface area contributed by atoms with Crippen molar-refractivity contribution in [1.29, 1.82) is 0 Å². The Morgan fingerprint density at radius 3 is 2.27 bits per heavy atom. The van der Waals surface area contributed by atoms with Crippen LogP contribution in [0, 0.1) is 29.6 Å². The lowest BCUT2D eigenvalue weighted by Gasteiger charge is -2.47. The number of nitrogens with zero attached hydrogens (tertiary/aromatic N) is 1. The summed E-state index contributed by atoms with van der Waals surface area (Å²) in [6.45, 7) is 11.3. The van der Waals surface area contributed by atoms with Crippen LogP contribution in [0.3, 0.4) is 0 Å². The van der Waals surface area contributed by atoms with E-state index in [1.54, 1.807) is 21.0 Å². The van der Waals surface area contributed by atoms with E-state index in [1.165, 1.54) is 19.1 Å². The number of piperidine rings is 1. The highest BCUT2D eigenvalue weighted by molar-refractivity contribution is 6.39. The van der Waals surface area contributed by atoms with Crippen LogP contribution >= 0.6 is 11.6 Å². The van der Waals surface area contributed by atoms with Crippen molar-refractivity contribution in [3.8, 4) is 0 Å². The number of aliphatic hydroxyl groups excluding tert-OH is 1. The Balaban J connectivity index is 1.76. The highest BCUT2D eigenvalue weighted by Crippen LogP contribution is 2.39. The topological polar surface area (TPSA) is 158 Å². The van der Waals surface area contributed by atoms with E-state index in [9.17, 15) is 29.4 Å². The monoisotopic (exact) mass is 809 g/mol. The molecule has 0 aromatic heterocycles. The number of allylic oxidation sites excluding steroid dienone is 3. The number of amides is 1. The van der Waals surface area contributed by atoms with E-state index in [2.05, 4.69) is 6.92 Å². The maximum absolute atomic E-state index is 14.3. The van der Waals surface area contributed by atoms with Gasteiger partial charge in [0.05, 0.1) is 29.8 Å². The van der Waals surface area contributed by atoms with E-state index < -0.39 is 77.8 Å². The predicted octanol–water partition coefficient (Wildman–Crippen LogP) is 5.72. The van der Waals surface area contributed by atoms with Crippen molar-refractivity contribution in [3.05, 3.63) is 23.3 Å². The fraction of sp³-hybridized carbons (Fsp3) is 0.814. The summed E-state index contributed by atoms with van der Waals surface area (Å²) in [6.07, 6.45) is 5.16. The Morgan fingerprint density at radius 2 is 1.62 bits per heavy atom. The van der Waals surface area contributed by atoms with Gasteiger partial charge in [-0.05, 0) is 95.5 Å². The van der Waals surface area contributed by atoms with Crippen molar-refractivity contribution < 1.29 is 53.1 Å². The summed E-state index contributed by atoms with van der Waals surface area (Å²) in [6, 6.07) is -1.12. The largest absolute Gasteiger partial charge is 0.456 e. The van der Waals surface area contributed by atoms with E-state index in [0.717, 1.165) is 18.4 Å². The molecule has 4 aliphatic rings. The molecule has 0 aromatic carbocycles. The molecule has 1 saturated carbocycles. The number of halogens is 1. The molecule has 2 bridgehead atoms. The molecular formula is C43H68ClNO11. The Morgan fingerprint density at radius 1 is 0.964 bits per heavy atom. The predicted molar refractivity (Wildman–Crippen MR) is 212 cm³/mol. The number of aliphatic hydroxyl groups is 2. The van der Waals surface area contributed by atoms with Crippen LogP contribution in [0.4, 0.5) is 0 Å². The van der Waals surface area contributed by atoms with Gasteiger partial charge in [-0.2, -0.15) is 0 Å². The van der Waals surface area contributed by atoms with E-state index in [4.69, 9.17) is 35.3 Å². The number of methoxy groups -OCH3 is 3. The molecule has 12 nitrogen and oxygen atoms in total. The number of esters is 1. The number of Topliss-reactive ketones (excluding diaryl/α,β-unsaturated/α-hetero) is 2. The third-order valence-corrected chi connectivity index (χ3v) is 13.3. The number of ether oxygens (including phenoxy) is 5. The van der Waals surface area contributed by atoms with Crippen LogP contribution in [-0.4, -0.2) is 120 Å². The average Bonchev–Trinajstić information content (AvgIpc) is 3.18. The summed E-state index contributed by atoms with van der Waals surface area (Å²) < 4.78 is 29.9. The molecule has 0 aromatic rings. The smallest absolute Gasteiger partial charge is 0.329 e. The number of hydrogen-bond donors (Lipinski definition) is 2. The molecule has 1 aliphatic carbocycles. The fourth-order valence-corrected chi connectivity index (χ4v) is 9.69. The molecule has 3 heterocycles. The van der Waals surface area contributed by atoms with Gasteiger partial charge >= 0.3 is 5.97 Å². The first-order chi connectivity index (χ1) is 26.5. The zero-order valence-electron chi connectivity index (χ0n) is 35.0. The molecule has 4 rings (SSSR count). The van der Waals surface area contributed by atoms with Gasteiger partial charge < -0.3 is 38.8 Å². The van der Waals surface area contributed by atoms with Crippen molar-refractivity contribution in [2.45, 2.75) is 166 Å². The van der Waals surface area contributed by atoms with Gasteiger partial charge in [0.25, 0.3) is 11.7 Å². The number of cyclic esters (lactones) is 1. The molecule has 14 atom stereocenters. The Hall–Kier alpha value is -2.19. The maximum atomic E-state index is 14.3. The molecule has 2 N–H and O–H groups in total. The first-order valence-corrected chi connectivity index (χ1v) is 21.2. The van der Waals surface area contributed by atoms with Gasteiger partial charge in [0, 0.05) is 52.0 Å². The van der Waals surface area contributed by atoms with Gasteiger partial charge in [0.15, 0.2) is 0 Å². The summed E-state index contributed by atoms with van der Waals surface area (Å²) in [5, 5.41) is 23.6. The zero-order chi connectivity index (χ0) is 41.5. The minimum Gasteiger partial charge on any atom is -0.456 e. The Labute approximate surface area is 339 Å². The van der Waals surface area contributed by atoms with E-state index in [0.29, 0.717) is 44.1 Å². The van der Waals surface area contributed by atoms with Crippen molar-refractivity contribution in [2.75, 3.05) is 27.9 Å². The molecule has 0 unspecified atom stereocenters. The van der Waals surface area contributed by atoms with E-state index in [-0.39, 0.29) is 54.9 Å². The number of rotatable bonds is 6. The first kappa shape index (κ1) is 46.5. The van der Waals surface area contributed by atoms with E-state index in [1.807, 2.05) is 32.9 Å². The van der Waals surface area contributed by atoms with Crippen LogP contribution in [0.15, 0.2) is 23.3 Å². The lowest BCUT2D eigenvalue weighted by atomic mass is 9.82. The third-order valence-electron chi connectivity index (χ3n) is 12.8. The third kappa shape index (κ3) is 10.9. The van der Waals surface area contributed by atoms with Gasteiger partial charge in [-0.25, -0.2) is 4.79 Å². The minimum absolute atomic E-state index is 0.0425. The summed E-state index contributed by atoms with van der Waals surface area (Å²) >= 11 is 6.52. The molecule has 56 heavy (non-hydrogen) atoms. The lowest BCUT2D eigenvalue weighted by Crippen LogP contribution is -2.64. The number of hydrogen-bond acceptors (Lipinski definition) is 11. The van der Waals surface area contributed by atoms with Crippen LogP contribution in [-0.2, 0) is 42.9 Å². The molecule has 0 spiro atoms. The molecule has 3 aliphatic heterocycles. The number of alkyl halides is 1. The Bertz CT molecular complexity index is 1440. The van der Waals surface area contributed by atoms with Crippen LogP contribution in [0.5, 0.6) is 0 Å². The highest BCUT2D eigenvalue weighted by Gasteiger charge is 2.56. The normalized spacial score (nSPS) is 41.6. The molecule has 3 fully saturated rings. The highest BCUT2D eigenvalue weighted by atomic mass is 35.5. The number of carbonyl (C=O) groups is 4. The summed E-state index contributed by atoms with van der Waals surface area (Å²) in [5.41, 5.74) is 1.71. The molecule has 0 radical (unpaired) electrons. The Kier molecular flexibility index (Phi) is 17.2. The molecule has 318 valence electrons. The van der Waals surface area contributed by atoms with Crippen LogP contribution in [0.1, 0.15) is 112 Å². The minimum atomic E-state index is -2.49. The molecular weight excluding hydrogens is 742 g/mol. The average molecular weight is 810 g/mol. The van der Waals surface area contributed by atoms with Crippen LogP contribution in [0.25, 0.3) is 0 Å². The van der Waals surface area contributed by atoms with Gasteiger partial charge in [-0.1, -0.05) is 45.4 Å². The summed E-state index contributed by atoms with van der Waals surface area (Å²) in [4.78, 5) is 57.7. The SMILES string of the molecule is CC[C@@H]1/C=C(\C)C[C@H](C)C[C@H](OC)[C@H]2O[C@@](O)(C(=O)C(=O)N3CCCC[C@H]3C(=O)O[C@H](/C(C)=C/[C@@H]3CC[C@H](Cl)[C@H](OC)C3)[C@@H](C)[C@@H](O)CC1=O)[C@H](C)C[C@@H]2OC. The van der Waals surface area contributed by atoms with Gasteiger partial charge in [-0.15, -0.1) is 11.6 Å². The van der Waals surface area contributed by atoms with Crippen molar-refractivity contribution in [1.82, 2.24) is 4.90 Å². The van der Waals surface area contributed by atoms with Gasteiger partial charge in [0.2, 0.25) is 5.79 Å².